The molecule has 0 bridgehead atoms. The molecule has 1 N–H and O–H groups in total. The summed E-state index contributed by atoms with van der Waals surface area (Å²) in [6, 6.07) is 0. The third kappa shape index (κ3) is 1.61. The van der Waals surface area contributed by atoms with E-state index in [-0.39, 0.29) is 5.69 Å². The standard InChI is InChI=1S/C9H8BrN3O2/c1-2-5-8(9(14)15)13-4-6(10)11-3-7(13)12-5/h3-4H,2H2,1H3,(H,14,15). The molecule has 15 heavy (non-hydrogen) atoms. The predicted octanol–water partition coefficient (Wildman–Crippen LogP) is 1.75. The van der Waals surface area contributed by atoms with Crippen LogP contribution < -0.4 is 0 Å². The third-order valence-corrected chi connectivity index (χ3v) is 2.50. The number of hydrogen-bond acceptors (Lipinski definition) is 3. The van der Waals surface area contributed by atoms with Gasteiger partial charge in [0.15, 0.2) is 11.3 Å². The van der Waals surface area contributed by atoms with Crippen molar-refractivity contribution in [3.05, 3.63) is 28.4 Å². The van der Waals surface area contributed by atoms with Crippen LogP contribution in [0.3, 0.4) is 0 Å². The number of aromatic carboxylic acids is 1. The molecule has 0 aliphatic heterocycles. The number of imidazole rings is 1. The van der Waals surface area contributed by atoms with Crippen LogP contribution in [-0.2, 0) is 6.42 Å². The Balaban J connectivity index is 2.82. The van der Waals surface area contributed by atoms with Gasteiger partial charge in [0, 0.05) is 6.20 Å². The van der Waals surface area contributed by atoms with Crippen LogP contribution in [0.1, 0.15) is 23.1 Å². The van der Waals surface area contributed by atoms with Crippen molar-refractivity contribution in [3.8, 4) is 0 Å². The number of fused-ring (bicyclic) bond motifs is 1. The van der Waals surface area contributed by atoms with E-state index < -0.39 is 5.97 Å². The van der Waals surface area contributed by atoms with Gasteiger partial charge in [0.2, 0.25) is 0 Å². The molecule has 0 aliphatic carbocycles. The van der Waals surface area contributed by atoms with Crippen molar-refractivity contribution in [1.82, 2.24) is 14.4 Å². The van der Waals surface area contributed by atoms with Gasteiger partial charge in [0.1, 0.15) is 4.60 Å². The molecule has 2 aromatic rings. The average molecular weight is 270 g/mol. The van der Waals surface area contributed by atoms with Gasteiger partial charge < -0.3 is 5.11 Å². The van der Waals surface area contributed by atoms with Gasteiger partial charge in [0.05, 0.1) is 11.9 Å². The summed E-state index contributed by atoms with van der Waals surface area (Å²) < 4.78 is 2.11. The fraction of sp³-hybridized carbons (Fsp3) is 0.222. The van der Waals surface area contributed by atoms with Crippen molar-refractivity contribution in [3.63, 3.8) is 0 Å². The lowest BCUT2D eigenvalue weighted by molar-refractivity contribution is 0.0688. The minimum absolute atomic E-state index is 0.204. The Kier molecular flexibility index (Phi) is 2.44. The normalized spacial score (nSPS) is 10.8. The van der Waals surface area contributed by atoms with E-state index in [9.17, 15) is 4.79 Å². The molecule has 2 heterocycles. The quantitative estimate of drug-likeness (QED) is 0.902. The fourth-order valence-electron chi connectivity index (χ4n) is 1.45. The SMILES string of the molecule is CCc1nc2cnc(Br)cn2c1C(=O)O. The Morgan fingerprint density at radius 3 is 3.00 bits per heavy atom. The van der Waals surface area contributed by atoms with Gasteiger partial charge in [-0.1, -0.05) is 6.92 Å². The molecule has 5 nitrogen and oxygen atoms in total. The molecule has 78 valence electrons. The summed E-state index contributed by atoms with van der Waals surface area (Å²) >= 11 is 3.19. The van der Waals surface area contributed by atoms with E-state index in [1.165, 1.54) is 10.6 Å². The van der Waals surface area contributed by atoms with Crippen LogP contribution in [0.2, 0.25) is 0 Å². The van der Waals surface area contributed by atoms with Crippen LogP contribution in [0.25, 0.3) is 5.65 Å². The van der Waals surface area contributed by atoms with Crippen molar-refractivity contribution >= 4 is 27.5 Å². The van der Waals surface area contributed by atoms with E-state index >= 15 is 0 Å². The minimum Gasteiger partial charge on any atom is -0.477 e. The summed E-state index contributed by atoms with van der Waals surface area (Å²) in [6.45, 7) is 1.87. The van der Waals surface area contributed by atoms with Gasteiger partial charge in [-0.15, -0.1) is 0 Å². The molecule has 0 saturated heterocycles. The number of hydrogen-bond donors (Lipinski definition) is 1. The van der Waals surface area contributed by atoms with Crippen LogP contribution in [0.4, 0.5) is 0 Å². The first kappa shape index (κ1) is 10.1. The molecule has 0 atom stereocenters. The number of halogens is 1. The first-order valence-corrected chi connectivity index (χ1v) is 5.18. The number of nitrogens with zero attached hydrogens (tertiary/aromatic N) is 3. The molecule has 2 rings (SSSR count). The Labute approximate surface area is 93.9 Å². The molecule has 6 heteroatoms. The smallest absolute Gasteiger partial charge is 0.354 e. The zero-order valence-electron chi connectivity index (χ0n) is 7.94. The van der Waals surface area contributed by atoms with Crippen LogP contribution in [-0.4, -0.2) is 25.4 Å². The molecule has 0 unspecified atom stereocenters. The maximum Gasteiger partial charge on any atom is 0.354 e. The second kappa shape index (κ2) is 3.62. The highest BCUT2D eigenvalue weighted by Gasteiger charge is 2.17. The largest absolute Gasteiger partial charge is 0.477 e. The van der Waals surface area contributed by atoms with Gasteiger partial charge in [0.25, 0.3) is 0 Å². The lowest BCUT2D eigenvalue weighted by Gasteiger charge is -1.97. The first-order chi connectivity index (χ1) is 7.13. The van der Waals surface area contributed by atoms with Gasteiger partial charge in [-0.2, -0.15) is 0 Å². The summed E-state index contributed by atoms with van der Waals surface area (Å²) in [4.78, 5) is 19.3. The van der Waals surface area contributed by atoms with Gasteiger partial charge >= 0.3 is 5.97 Å². The minimum atomic E-state index is -0.975. The molecule has 0 amide bonds. The molecule has 0 aromatic carbocycles. The van der Waals surface area contributed by atoms with E-state index in [4.69, 9.17) is 5.11 Å². The summed E-state index contributed by atoms with van der Waals surface area (Å²) in [5.74, 6) is -0.975. The molecular weight excluding hydrogens is 262 g/mol. The molecule has 0 aliphatic rings. The fourth-order valence-corrected chi connectivity index (χ4v) is 1.76. The van der Waals surface area contributed by atoms with E-state index in [0.29, 0.717) is 22.4 Å². The number of carbonyl (C=O) groups is 1. The zero-order chi connectivity index (χ0) is 11.0. The maximum atomic E-state index is 11.1. The summed E-state index contributed by atoms with van der Waals surface area (Å²) in [5, 5.41) is 9.08. The van der Waals surface area contributed by atoms with Crippen LogP contribution in [0, 0.1) is 0 Å². The number of aromatic nitrogens is 3. The van der Waals surface area contributed by atoms with E-state index in [1.54, 1.807) is 6.20 Å². The molecule has 0 spiro atoms. The number of aryl methyl sites for hydroxylation is 1. The van der Waals surface area contributed by atoms with Crippen LogP contribution in [0.15, 0.2) is 17.0 Å². The maximum absolute atomic E-state index is 11.1. The second-order valence-electron chi connectivity index (χ2n) is 3.00. The average Bonchev–Trinajstić information content (AvgIpc) is 2.55. The number of rotatable bonds is 2. The summed E-state index contributed by atoms with van der Waals surface area (Å²) in [6.07, 6.45) is 3.72. The monoisotopic (exact) mass is 269 g/mol. The lowest BCUT2D eigenvalue weighted by atomic mass is 10.2. The van der Waals surface area contributed by atoms with Gasteiger partial charge in [-0.3, -0.25) is 4.40 Å². The van der Waals surface area contributed by atoms with E-state index in [0.717, 1.165) is 0 Å². The van der Waals surface area contributed by atoms with E-state index in [1.807, 2.05) is 6.92 Å². The second-order valence-corrected chi connectivity index (χ2v) is 3.82. The third-order valence-electron chi connectivity index (χ3n) is 2.09. The Bertz CT molecular complexity index is 535. The molecule has 2 aromatic heterocycles. The van der Waals surface area contributed by atoms with Crippen molar-refractivity contribution < 1.29 is 9.90 Å². The number of carboxylic acid groups (broad SMARTS) is 1. The van der Waals surface area contributed by atoms with E-state index in [2.05, 4.69) is 25.9 Å². The first-order valence-electron chi connectivity index (χ1n) is 4.39. The summed E-state index contributed by atoms with van der Waals surface area (Å²) in [5.41, 5.74) is 1.32. The highest BCUT2D eigenvalue weighted by atomic mass is 79.9. The molecule has 0 fully saturated rings. The highest BCUT2D eigenvalue weighted by molar-refractivity contribution is 9.10. The molecular formula is C9H8BrN3O2. The molecule has 0 radical (unpaired) electrons. The Morgan fingerprint density at radius 2 is 2.40 bits per heavy atom. The highest BCUT2D eigenvalue weighted by Crippen LogP contribution is 2.15. The Hall–Kier alpha value is -1.43. The van der Waals surface area contributed by atoms with Crippen molar-refractivity contribution in [1.29, 1.82) is 0 Å². The number of carboxylic acids is 1. The van der Waals surface area contributed by atoms with Crippen LogP contribution in [0.5, 0.6) is 0 Å². The topological polar surface area (TPSA) is 67.5 Å². The Morgan fingerprint density at radius 1 is 1.67 bits per heavy atom. The van der Waals surface area contributed by atoms with Crippen molar-refractivity contribution in [2.45, 2.75) is 13.3 Å². The van der Waals surface area contributed by atoms with Gasteiger partial charge in [-0.05, 0) is 22.4 Å². The van der Waals surface area contributed by atoms with Crippen molar-refractivity contribution in [2.24, 2.45) is 0 Å². The zero-order valence-corrected chi connectivity index (χ0v) is 9.52. The lowest BCUT2D eigenvalue weighted by Crippen LogP contribution is -2.05. The molecule has 0 saturated carbocycles. The van der Waals surface area contributed by atoms with Gasteiger partial charge in [-0.25, -0.2) is 14.8 Å². The van der Waals surface area contributed by atoms with Crippen molar-refractivity contribution in [2.75, 3.05) is 0 Å². The van der Waals surface area contributed by atoms with Crippen LogP contribution >= 0.6 is 15.9 Å². The summed E-state index contributed by atoms with van der Waals surface area (Å²) in [7, 11) is 0. The predicted molar refractivity (Wildman–Crippen MR) is 57.0 cm³/mol.